The van der Waals surface area contributed by atoms with Crippen molar-refractivity contribution in [1.82, 2.24) is 5.32 Å². The summed E-state index contributed by atoms with van der Waals surface area (Å²) in [6, 6.07) is 7.13. The van der Waals surface area contributed by atoms with Crippen molar-refractivity contribution in [3.05, 3.63) is 35.8 Å². The average molecular weight is 279 g/mol. The fourth-order valence-electron chi connectivity index (χ4n) is 2.97. The molecule has 4 heteroatoms. The van der Waals surface area contributed by atoms with E-state index in [9.17, 15) is 4.39 Å². The van der Waals surface area contributed by atoms with Crippen molar-refractivity contribution in [3.63, 3.8) is 0 Å². The summed E-state index contributed by atoms with van der Waals surface area (Å²) in [5.74, 6) is 1.73. The van der Waals surface area contributed by atoms with Crippen LogP contribution in [0.1, 0.15) is 31.6 Å². The van der Waals surface area contributed by atoms with Gasteiger partial charge in [0.15, 0.2) is 11.4 Å². The lowest BCUT2D eigenvalue weighted by atomic mass is 9.94. The van der Waals surface area contributed by atoms with Crippen LogP contribution in [0, 0.1) is 5.82 Å². The second-order valence-corrected chi connectivity index (χ2v) is 6.92. The van der Waals surface area contributed by atoms with Crippen LogP contribution in [0.15, 0.2) is 28.7 Å². The highest BCUT2D eigenvalue weighted by molar-refractivity contribution is 8.00. The Kier molecular flexibility index (Phi) is 3.31. The minimum atomic E-state index is -0.289. The largest absolute Gasteiger partial charge is 0.456 e. The van der Waals surface area contributed by atoms with Crippen LogP contribution in [0.4, 0.5) is 4.39 Å². The van der Waals surface area contributed by atoms with E-state index >= 15 is 0 Å². The minimum absolute atomic E-state index is 0.117. The van der Waals surface area contributed by atoms with Gasteiger partial charge < -0.3 is 9.73 Å². The molecule has 0 bridgehead atoms. The first-order chi connectivity index (χ1) is 9.14. The van der Waals surface area contributed by atoms with Crippen LogP contribution in [0.25, 0.3) is 11.0 Å². The fraction of sp³-hybridized carbons (Fsp3) is 0.467. The summed E-state index contributed by atoms with van der Waals surface area (Å²) in [6.45, 7) is 2.26. The fourth-order valence-corrected chi connectivity index (χ4v) is 4.41. The molecule has 0 saturated carbocycles. The molecule has 1 aliphatic rings. The second kappa shape index (κ2) is 4.84. The number of fused-ring (bicyclic) bond motifs is 1. The van der Waals surface area contributed by atoms with Gasteiger partial charge in [-0.2, -0.15) is 11.8 Å². The number of hydrogen-bond acceptors (Lipinski definition) is 3. The summed E-state index contributed by atoms with van der Waals surface area (Å²) in [5.41, 5.74) is 0.365. The number of rotatable bonds is 3. The molecule has 3 rings (SSSR count). The van der Waals surface area contributed by atoms with Crippen molar-refractivity contribution in [2.24, 2.45) is 0 Å². The lowest BCUT2D eigenvalue weighted by Gasteiger charge is -2.31. The second-order valence-electron chi connectivity index (χ2n) is 5.29. The molecular formula is C15H18FNOS. The number of thioether (sulfide) groups is 1. The zero-order valence-corrected chi connectivity index (χ0v) is 12.0. The molecule has 2 aromatic rings. The summed E-state index contributed by atoms with van der Waals surface area (Å²) >= 11 is 1.97. The number of halogens is 1. The molecule has 1 aliphatic heterocycles. The van der Waals surface area contributed by atoms with Gasteiger partial charge >= 0.3 is 0 Å². The molecule has 1 saturated heterocycles. The Balaban J connectivity index is 2.04. The first-order valence-electron chi connectivity index (χ1n) is 6.63. The van der Waals surface area contributed by atoms with E-state index in [1.165, 1.54) is 18.2 Å². The van der Waals surface area contributed by atoms with Crippen molar-refractivity contribution in [2.75, 3.05) is 12.8 Å². The van der Waals surface area contributed by atoms with Gasteiger partial charge in [-0.3, -0.25) is 0 Å². The Morgan fingerprint density at radius 3 is 2.95 bits per heavy atom. The van der Waals surface area contributed by atoms with E-state index in [4.69, 9.17) is 4.42 Å². The number of benzene rings is 1. The lowest BCUT2D eigenvalue weighted by molar-refractivity contribution is 0.370. The average Bonchev–Trinajstić information content (AvgIpc) is 2.98. The Hall–Kier alpha value is -1.000. The summed E-state index contributed by atoms with van der Waals surface area (Å²) in [6.07, 6.45) is 2.39. The molecule has 19 heavy (non-hydrogen) atoms. The Morgan fingerprint density at radius 1 is 1.47 bits per heavy atom. The number of hydrogen-bond donors (Lipinski definition) is 1. The van der Waals surface area contributed by atoms with Gasteiger partial charge in [0.05, 0.1) is 6.04 Å². The van der Waals surface area contributed by atoms with Gasteiger partial charge in [0.2, 0.25) is 0 Å². The highest BCUT2D eigenvalue weighted by Crippen LogP contribution is 2.47. The third-order valence-electron chi connectivity index (χ3n) is 3.95. The van der Waals surface area contributed by atoms with Gasteiger partial charge in [-0.25, -0.2) is 4.39 Å². The maximum atomic E-state index is 13.7. The smallest absolute Gasteiger partial charge is 0.169 e. The standard InChI is InChI=1S/C15H18FNOS/c1-15(7-4-8-19-15)14(17-2)12-9-10-5-3-6-11(16)13(10)18-12/h3,5-6,9,14,17H,4,7-8H2,1-2H3. The van der Waals surface area contributed by atoms with Crippen molar-refractivity contribution in [3.8, 4) is 0 Å². The lowest BCUT2D eigenvalue weighted by Crippen LogP contribution is -2.35. The van der Waals surface area contributed by atoms with Gasteiger partial charge in [0, 0.05) is 10.1 Å². The summed E-state index contributed by atoms with van der Waals surface area (Å²) in [7, 11) is 1.94. The molecule has 2 atom stereocenters. The number of nitrogens with one attached hydrogen (secondary N) is 1. The highest BCUT2D eigenvalue weighted by atomic mass is 32.2. The molecule has 1 aromatic carbocycles. The van der Waals surface area contributed by atoms with E-state index in [1.54, 1.807) is 6.07 Å². The van der Waals surface area contributed by atoms with Crippen molar-refractivity contribution < 1.29 is 8.81 Å². The van der Waals surface area contributed by atoms with Crippen LogP contribution in [0.5, 0.6) is 0 Å². The molecule has 2 unspecified atom stereocenters. The maximum Gasteiger partial charge on any atom is 0.169 e. The predicted octanol–water partition coefficient (Wildman–Crippen LogP) is 4.12. The topological polar surface area (TPSA) is 25.2 Å². The van der Waals surface area contributed by atoms with E-state index < -0.39 is 0 Å². The monoisotopic (exact) mass is 279 g/mol. The van der Waals surface area contributed by atoms with Crippen LogP contribution < -0.4 is 5.32 Å². The van der Waals surface area contributed by atoms with E-state index in [0.29, 0.717) is 5.58 Å². The van der Waals surface area contributed by atoms with Gasteiger partial charge in [-0.1, -0.05) is 12.1 Å². The van der Waals surface area contributed by atoms with E-state index in [0.717, 1.165) is 17.6 Å². The van der Waals surface area contributed by atoms with Gasteiger partial charge in [-0.15, -0.1) is 0 Å². The zero-order chi connectivity index (χ0) is 13.5. The normalized spacial score (nSPS) is 25.0. The molecule has 0 amide bonds. The van der Waals surface area contributed by atoms with E-state index in [-0.39, 0.29) is 16.6 Å². The molecule has 2 nitrogen and oxygen atoms in total. The molecule has 0 aliphatic carbocycles. The van der Waals surface area contributed by atoms with Crippen LogP contribution in [-0.4, -0.2) is 17.5 Å². The Morgan fingerprint density at radius 2 is 2.32 bits per heavy atom. The van der Waals surface area contributed by atoms with E-state index in [1.807, 2.05) is 30.9 Å². The van der Waals surface area contributed by atoms with Crippen molar-refractivity contribution in [2.45, 2.75) is 30.6 Å². The Labute approximate surface area is 116 Å². The van der Waals surface area contributed by atoms with Crippen LogP contribution in [0.3, 0.4) is 0 Å². The van der Waals surface area contributed by atoms with Gasteiger partial charge in [-0.05, 0) is 44.7 Å². The summed E-state index contributed by atoms with van der Waals surface area (Å²) in [5, 5.41) is 4.18. The maximum absolute atomic E-state index is 13.7. The molecular weight excluding hydrogens is 261 g/mol. The van der Waals surface area contributed by atoms with Crippen LogP contribution in [0.2, 0.25) is 0 Å². The molecule has 1 N–H and O–H groups in total. The highest BCUT2D eigenvalue weighted by Gasteiger charge is 2.39. The van der Waals surface area contributed by atoms with Gasteiger partial charge in [0.1, 0.15) is 5.76 Å². The first kappa shape index (κ1) is 13.0. The molecule has 0 radical (unpaired) electrons. The minimum Gasteiger partial charge on any atom is -0.456 e. The van der Waals surface area contributed by atoms with Crippen molar-refractivity contribution in [1.29, 1.82) is 0 Å². The van der Waals surface area contributed by atoms with Crippen LogP contribution in [-0.2, 0) is 0 Å². The predicted molar refractivity (Wildman–Crippen MR) is 78.1 cm³/mol. The molecule has 1 fully saturated rings. The number of para-hydroxylation sites is 1. The SMILES string of the molecule is CNC(c1cc2cccc(F)c2o1)C1(C)CCCS1. The van der Waals surface area contributed by atoms with Gasteiger partial charge in [0.25, 0.3) is 0 Å². The summed E-state index contributed by atoms with van der Waals surface area (Å²) < 4.78 is 19.6. The quantitative estimate of drug-likeness (QED) is 0.915. The molecule has 2 heterocycles. The molecule has 102 valence electrons. The third kappa shape index (κ3) is 2.17. The molecule has 1 aromatic heterocycles. The number of furan rings is 1. The Bertz CT molecular complexity index is 589. The van der Waals surface area contributed by atoms with Crippen molar-refractivity contribution >= 4 is 22.7 Å². The first-order valence-corrected chi connectivity index (χ1v) is 7.62. The van der Waals surface area contributed by atoms with Crippen LogP contribution >= 0.6 is 11.8 Å². The molecule has 0 spiro atoms. The third-order valence-corrected chi connectivity index (χ3v) is 5.54. The van der Waals surface area contributed by atoms with E-state index in [2.05, 4.69) is 12.2 Å². The zero-order valence-electron chi connectivity index (χ0n) is 11.2. The summed E-state index contributed by atoms with van der Waals surface area (Å²) in [4.78, 5) is 0.